The molecule has 5 heteroatoms. The first-order valence-electron chi connectivity index (χ1n) is 9.15. The highest BCUT2D eigenvalue weighted by atomic mass is 16.3. The molecule has 0 bridgehead atoms. The van der Waals surface area contributed by atoms with Crippen molar-refractivity contribution in [2.45, 2.75) is 32.3 Å². The van der Waals surface area contributed by atoms with Gasteiger partial charge in [-0.3, -0.25) is 0 Å². The number of nitroso groups, excluding NO2 is 1. The molecule has 1 saturated heterocycles. The summed E-state index contributed by atoms with van der Waals surface area (Å²) in [6.45, 7) is 4.05. The third-order valence-corrected chi connectivity index (χ3v) is 5.22. The van der Waals surface area contributed by atoms with Crippen molar-refractivity contribution >= 4 is 22.3 Å². The van der Waals surface area contributed by atoms with Crippen molar-refractivity contribution in [1.82, 2.24) is 4.98 Å². The van der Waals surface area contributed by atoms with E-state index in [1.54, 1.807) is 6.07 Å². The summed E-state index contributed by atoms with van der Waals surface area (Å²) in [6.07, 6.45) is 2.69. The second-order valence-electron chi connectivity index (χ2n) is 7.10. The lowest BCUT2D eigenvalue weighted by Gasteiger charge is -2.29. The van der Waals surface area contributed by atoms with Gasteiger partial charge in [0, 0.05) is 35.6 Å². The predicted octanol–water partition coefficient (Wildman–Crippen LogP) is 4.95. The lowest BCUT2D eigenvalue weighted by atomic mass is 10.0. The maximum atomic E-state index is 11.3. The number of piperidine rings is 1. The van der Waals surface area contributed by atoms with E-state index in [1.165, 1.54) is 19.3 Å². The number of anilines is 1. The number of aliphatic hydroxyl groups excluding tert-OH is 1. The first kappa shape index (κ1) is 16.8. The standard InChI is InChI=1S/C21H23N3O2/c1-14-5-6-15-12-20(22-19(15)11-14)21(25)17-13-16(7-8-18(17)23-26)24-9-3-2-4-10-24/h5-8,11-13,21-22,25H,2-4,9-10H2,1H3. The zero-order valence-corrected chi connectivity index (χ0v) is 14.9. The summed E-state index contributed by atoms with van der Waals surface area (Å²) < 4.78 is 0. The normalized spacial score (nSPS) is 16.0. The topological polar surface area (TPSA) is 68.7 Å². The van der Waals surface area contributed by atoms with Gasteiger partial charge in [0.05, 0.1) is 0 Å². The van der Waals surface area contributed by atoms with Gasteiger partial charge < -0.3 is 15.0 Å². The van der Waals surface area contributed by atoms with Gasteiger partial charge in [-0.2, -0.15) is 0 Å². The second-order valence-corrected chi connectivity index (χ2v) is 7.10. The fourth-order valence-corrected chi connectivity index (χ4v) is 3.77. The van der Waals surface area contributed by atoms with E-state index in [9.17, 15) is 10.0 Å². The molecular formula is C21H23N3O2. The number of hydrogen-bond donors (Lipinski definition) is 2. The number of rotatable bonds is 4. The zero-order chi connectivity index (χ0) is 18.1. The van der Waals surface area contributed by atoms with Gasteiger partial charge in [0.25, 0.3) is 0 Å². The Morgan fingerprint density at radius 1 is 1.08 bits per heavy atom. The molecular weight excluding hydrogens is 326 g/mol. The Balaban J connectivity index is 1.72. The number of aromatic amines is 1. The van der Waals surface area contributed by atoms with Crippen molar-refractivity contribution in [2.75, 3.05) is 18.0 Å². The summed E-state index contributed by atoms with van der Waals surface area (Å²) in [4.78, 5) is 16.9. The van der Waals surface area contributed by atoms with Gasteiger partial charge in [0.15, 0.2) is 0 Å². The van der Waals surface area contributed by atoms with E-state index >= 15 is 0 Å². The summed E-state index contributed by atoms with van der Waals surface area (Å²) in [5.74, 6) is 0. The van der Waals surface area contributed by atoms with Crippen LogP contribution in [0.3, 0.4) is 0 Å². The van der Waals surface area contributed by atoms with Crippen LogP contribution in [0.2, 0.25) is 0 Å². The van der Waals surface area contributed by atoms with Gasteiger partial charge in [-0.05, 0) is 72.6 Å². The van der Waals surface area contributed by atoms with Crippen LogP contribution in [-0.2, 0) is 0 Å². The Bertz CT molecular complexity index is 942. The van der Waals surface area contributed by atoms with Crippen molar-refractivity contribution in [3.8, 4) is 0 Å². The van der Waals surface area contributed by atoms with Crippen molar-refractivity contribution in [1.29, 1.82) is 0 Å². The van der Waals surface area contributed by atoms with Crippen molar-refractivity contribution in [3.05, 3.63) is 64.2 Å². The van der Waals surface area contributed by atoms with Gasteiger partial charge in [-0.25, -0.2) is 0 Å². The zero-order valence-electron chi connectivity index (χ0n) is 14.9. The minimum Gasteiger partial charge on any atom is -0.382 e. The Morgan fingerprint density at radius 3 is 2.65 bits per heavy atom. The van der Waals surface area contributed by atoms with Gasteiger partial charge >= 0.3 is 0 Å². The largest absolute Gasteiger partial charge is 0.382 e. The molecule has 1 unspecified atom stereocenters. The van der Waals surface area contributed by atoms with Crippen molar-refractivity contribution in [3.63, 3.8) is 0 Å². The number of aliphatic hydroxyl groups is 1. The molecule has 1 aliphatic rings. The van der Waals surface area contributed by atoms with Crippen LogP contribution in [0.15, 0.2) is 47.6 Å². The van der Waals surface area contributed by atoms with Crippen LogP contribution >= 0.6 is 0 Å². The smallest absolute Gasteiger partial charge is 0.121 e. The first-order valence-corrected chi connectivity index (χ1v) is 9.15. The molecule has 4 rings (SSSR count). The molecule has 1 fully saturated rings. The van der Waals surface area contributed by atoms with E-state index in [0.717, 1.165) is 35.2 Å². The summed E-state index contributed by atoms with van der Waals surface area (Å²) in [6, 6.07) is 13.6. The van der Waals surface area contributed by atoms with Crippen LogP contribution in [0.1, 0.15) is 42.2 Å². The molecule has 1 aromatic heterocycles. The van der Waals surface area contributed by atoms with Crippen LogP contribution in [0.25, 0.3) is 10.9 Å². The fraction of sp³-hybridized carbons (Fsp3) is 0.333. The maximum absolute atomic E-state index is 11.3. The van der Waals surface area contributed by atoms with Crippen LogP contribution in [0, 0.1) is 11.8 Å². The first-order chi connectivity index (χ1) is 12.7. The fourth-order valence-electron chi connectivity index (χ4n) is 3.77. The summed E-state index contributed by atoms with van der Waals surface area (Å²) >= 11 is 0. The SMILES string of the molecule is Cc1ccc2cc(C(O)c3cc(N4CCCCC4)ccc3N=O)[nH]c2c1. The number of aromatic nitrogens is 1. The van der Waals surface area contributed by atoms with Gasteiger partial charge in [-0.15, -0.1) is 4.91 Å². The lowest BCUT2D eigenvalue weighted by Crippen LogP contribution is -2.29. The number of nitrogens with zero attached hydrogens (tertiary/aromatic N) is 2. The molecule has 2 N–H and O–H groups in total. The Morgan fingerprint density at radius 2 is 1.88 bits per heavy atom. The summed E-state index contributed by atoms with van der Waals surface area (Å²) in [5.41, 5.74) is 4.68. The molecule has 26 heavy (non-hydrogen) atoms. The molecule has 2 aromatic carbocycles. The highest BCUT2D eigenvalue weighted by Gasteiger charge is 2.20. The van der Waals surface area contributed by atoms with E-state index < -0.39 is 6.10 Å². The molecule has 5 nitrogen and oxygen atoms in total. The maximum Gasteiger partial charge on any atom is 0.121 e. The number of benzene rings is 2. The Labute approximate surface area is 152 Å². The molecule has 0 amide bonds. The van der Waals surface area contributed by atoms with E-state index in [1.807, 2.05) is 37.3 Å². The minimum atomic E-state index is -0.917. The summed E-state index contributed by atoms with van der Waals surface area (Å²) in [7, 11) is 0. The highest BCUT2D eigenvalue weighted by molar-refractivity contribution is 5.81. The quantitative estimate of drug-likeness (QED) is 0.655. The number of fused-ring (bicyclic) bond motifs is 1. The Hall–Kier alpha value is -2.66. The molecule has 3 aromatic rings. The number of hydrogen-bond acceptors (Lipinski definition) is 4. The highest BCUT2D eigenvalue weighted by Crippen LogP contribution is 2.35. The van der Waals surface area contributed by atoms with Crippen molar-refractivity contribution in [2.24, 2.45) is 5.18 Å². The average Bonchev–Trinajstić information content (AvgIpc) is 3.10. The molecule has 1 atom stereocenters. The minimum absolute atomic E-state index is 0.285. The van der Waals surface area contributed by atoms with E-state index in [-0.39, 0.29) is 5.69 Å². The van der Waals surface area contributed by atoms with E-state index in [2.05, 4.69) is 21.1 Å². The predicted molar refractivity (Wildman–Crippen MR) is 105 cm³/mol. The molecule has 0 saturated carbocycles. The average molecular weight is 349 g/mol. The molecule has 2 heterocycles. The number of H-pyrrole nitrogens is 1. The van der Waals surface area contributed by atoms with Crippen LogP contribution in [0.4, 0.5) is 11.4 Å². The molecule has 0 spiro atoms. The van der Waals surface area contributed by atoms with Crippen molar-refractivity contribution < 1.29 is 5.11 Å². The van der Waals surface area contributed by atoms with Gasteiger partial charge in [-0.1, -0.05) is 12.1 Å². The Kier molecular flexibility index (Phi) is 4.47. The van der Waals surface area contributed by atoms with E-state index in [4.69, 9.17) is 0 Å². The summed E-state index contributed by atoms with van der Waals surface area (Å²) in [5, 5.41) is 15.1. The number of aryl methyl sites for hydroxylation is 1. The molecule has 0 aliphatic carbocycles. The van der Waals surface area contributed by atoms with E-state index in [0.29, 0.717) is 11.3 Å². The van der Waals surface area contributed by atoms with Crippen LogP contribution in [0.5, 0.6) is 0 Å². The second kappa shape index (κ2) is 6.92. The molecule has 0 radical (unpaired) electrons. The third kappa shape index (κ3) is 3.10. The monoisotopic (exact) mass is 349 g/mol. The van der Waals surface area contributed by atoms with Crippen LogP contribution < -0.4 is 4.90 Å². The molecule has 1 aliphatic heterocycles. The molecule has 134 valence electrons. The lowest BCUT2D eigenvalue weighted by molar-refractivity contribution is 0.217. The van der Waals surface area contributed by atoms with Gasteiger partial charge in [0.2, 0.25) is 0 Å². The third-order valence-electron chi connectivity index (χ3n) is 5.22. The number of nitrogens with one attached hydrogen (secondary N) is 1. The van der Waals surface area contributed by atoms with Gasteiger partial charge in [0.1, 0.15) is 11.8 Å². The van der Waals surface area contributed by atoms with Crippen LogP contribution in [-0.4, -0.2) is 23.2 Å².